The number of anilines is 3. The summed E-state index contributed by atoms with van der Waals surface area (Å²) >= 11 is 0. The Hall–Kier alpha value is -4.27. The van der Waals surface area contributed by atoms with Crippen LogP contribution in [0.3, 0.4) is 0 Å². The first kappa shape index (κ1) is 35.6. The molecule has 0 aliphatic rings. The van der Waals surface area contributed by atoms with Gasteiger partial charge in [0.05, 0.1) is 10.9 Å². The standard InChI is InChI=1S/C48H54NS/c1-34-12-26-45(27-13-34)50(46-28-14-35(2)15-29-46)30-10-11-37-32-39-33-44(21-16-38(39)31-36(37)3)49(42-22-17-40(18-23-42)47(4,5)6)43-24-19-41(20-25-43)48(7,8)9/h12-29,31-33H,10-11,30H2,1-9H3/q+1. The van der Waals surface area contributed by atoms with Crippen molar-refractivity contribution >= 4 is 38.7 Å². The molecule has 0 bridgehead atoms. The zero-order valence-electron chi connectivity index (χ0n) is 31.6. The molecule has 0 saturated carbocycles. The highest BCUT2D eigenvalue weighted by molar-refractivity contribution is 7.97. The molecular formula is C48H54NS+. The minimum Gasteiger partial charge on any atom is -0.310 e. The number of aryl methyl sites for hydroxylation is 4. The van der Waals surface area contributed by atoms with Crippen molar-refractivity contribution in [1.82, 2.24) is 0 Å². The quantitative estimate of drug-likeness (QED) is 0.138. The van der Waals surface area contributed by atoms with Crippen molar-refractivity contribution in [3.8, 4) is 0 Å². The van der Waals surface area contributed by atoms with Crippen molar-refractivity contribution in [2.75, 3.05) is 10.7 Å². The number of rotatable bonds is 9. The lowest BCUT2D eigenvalue weighted by Gasteiger charge is -2.28. The molecule has 50 heavy (non-hydrogen) atoms. The van der Waals surface area contributed by atoms with Crippen LogP contribution in [0.25, 0.3) is 10.8 Å². The Morgan fingerprint density at radius 3 is 1.40 bits per heavy atom. The third kappa shape index (κ3) is 8.19. The van der Waals surface area contributed by atoms with Gasteiger partial charge in [-0.2, -0.15) is 0 Å². The minimum atomic E-state index is 0.0508. The molecule has 0 aliphatic heterocycles. The van der Waals surface area contributed by atoms with Gasteiger partial charge in [0.25, 0.3) is 0 Å². The molecule has 1 nitrogen and oxygen atoms in total. The summed E-state index contributed by atoms with van der Waals surface area (Å²) in [7, 11) is 0.0508. The topological polar surface area (TPSA) is 3.24 Å². The zero-order chi connectivity index (χ0) is 35.6. The minimum absolute atomic E-state index is 0.0508. The Morgan fingerprint density at radius 1 is 0.480 bits per heavy atom. The molecule has 0 fully saturated rings. The number of fused-ring (bicyclic) bond motifs is 1. The Bertz CT molecular complexity index is 1940. The van der Waals surface area contributed by atoms with Crippen LogP contribution in [0.15, 0.2) is 137 Å². The fraction of sp³-hybridized carbons (Fsp3) is 0.292. The van der Waals surface area contributed by atoms with E-state index in [9.17, 15) is 0 Å². The second kappa shape index (κ2) is 14.5. The van der Waals surface area contributed by atoms with Gasteiger partial charge in [-0.05, 0) is 138 Å². The van der Waals surface area contributed by atoms with E-state index in [0.29, 0.717) is 0 Å². The Balaban J connectivity index is 1.31. The van der Waals surface area contributed by atoms with Crippen LogP contribution in [-0.2, 0) is 28.1 Å². The lowest BCUT2D eigenvalue weighted by atomic mass is 9.86. The van der Waals surface area contributed by atoms with Crippen molar-refractivity contribution in [2.45, 2.75) is 95.8 Å². The molecule has 0 radical (unpaired) electrons. The van der Waals surface area contributed by atoms with E-state index in [4.69, 9.17) is 0 Å². The van der Waals surface area contributed by atoms with E-state index in [2.05, 4.69) is 195 Å². The fourth-order valence-corrected chi connectivity index (χ4v) is 8.81. The molecular weight excluding hydrogens is 623 g/mol. The second-order valence-electron chi connectivity index (χ2n) is 16.1. The van der Waals surface area contributed by atoms with Crippen LogP contribution >= 0.6 is 0 Å². The molecule has 0 N–H and O–H groups in total. The van der Waals surface area contributed by atoms with Gasteiger partial charge < -0.3 is 4.90 Å². The summed E-state index contributed by atoms with van der Waals surface area (Å²) in [4.78, 5) is 5.28. The van der Waals surface area contributed by atoms with Crippen LogP contribution in [0.4, 0.5) is 17.1 Å². The summed E-state index contributed by atoms with van der Waals surface area (Å²) in [5, 5.41) is 2.59. The molecule has 0 aliphatic carbocycles. The van der Waals surface area contributed by atoms with Crippen LogP contribution in [0, 0.1) is 20.8 Å². The van der Waals surface area contributed by atoms with Gasteiger partial charge >= 0.3 is 0 Å². The van der Waals surface area contributed by atoms with Crippen LogP contribution in [0.5, 0.6) is 0 Å². The first-order valence-electron chi connectivity index (χ1n) is 18.1. The van der Waals surface area contributed by atoms with E-state index in [1.54, 1.807) is 0 Å². The highest BCUT2D eigenvalue weighted by Crippen LogP contribution is 2.39. The second-order valence-corrected chi connectivity index (χ2v) is 18.2. The SMILES string of the molecule is Cc1ccc([S+](CCCc2cc3cc(N(c4ccc(C(C)(C)C)cc4)c4ccc(C(C)(C)C)cc4)ccc3cc2C)c2ccc(C)cc2)cc1. The maximum atomic E-state index is 2.45. The molecule has 2 heteroatoms. The molecule has 6 aromatic rings. The summed E-state index contributed by atoms with van der Waals surface area (Å²) < 4.78 is 0. The Labute approximate surface area is 304 Å². The molecule has 0 saturated heterocycles. The maximum Gasteiger partial charge on any atom is 0.160 e. The van der Waals surface area contributed by atoms with E-state index in [0.717, 1.165) is 18.6 Å². The van der Waals surface area contributed by atoms with E-state index >= 15 is 0 Å². The molecule has 6 aromatic carbocycles. The van der Waals surface area contributed by atoms with Crippen LogP contribution < -0.4 is 4.90 Å². The van der Waals surface area contributed by atoms with Gasteiger partial charge in [0, 0.05) is 17.1 Å². The lowest BCUT2D eigenvalue weighted by Crippen LogP contribution is -2.14. The zero-order valence-corrected chi connectivity index (χ0v) is 32.4. The Kier molecular flexibility index (Phi) is 10.3. The molecule has 0 unspecified atom stereocenters. The monoisotopic (exact) mass is 676 g/mol. The van der Waals surface area contributed by atoms with Gasteiger partial charge in [0.1, 0.15) is 5.75 Å². The van der Waals surface area contributed by atoms with E-state index in [1.807, 2.05) is 0 Å². The molecule has 0 spiro atoms. The maximum absolute atomic E-state index is 2.45. The predicted octanol–water partition coefficient (Wildman–Crippen LogP) is 13.5. The van der Waals surface area contributed by atoms with Crippen molar-refractivity contribution in [2.24, 2.45) is 0 Å². The first-order valence-corrected chi connectivity index (χ1v) is 19.5. The van der Waals surface area contributed by atoms with Gasteiger partial charge in [-0.1, -0.05) is 119 Å². The fourth-order valence-electron chi connectivity index (χ4n) is 6.71. The largest absolute Gasteiger partial charge is 0.310 e. The van der Waals surface area contributed by atoms with Gasteiger partial charge in [0.15, 0.2) is 9.79 Å². The highest BCUT2D eigenvalue weighted by Gasteiger charge is 2.25. The molecule has 0 amide bonds. The van der Waals surface area contributed by atoms with Crippen LogP contribution in [0.2, 0.25) is 0 Å². The number of nitrogens with zero attached hydrogens (tertiary/aromatic N) is 1. The Morgan fingerprint density at radius 2 is 0.940 bits per heavy atom. The van der Waals surface area contributed by atoms with Crippen molar-refractivity contribution in [1.29, 1.82) is 0 Å². The van der Waals surface area contributed by atoms with Crippen molar-refractivity contribution in [3.63, 3.8) is 0 Å². The summed E-state index contributed by atoms with van der Waals surface area (Å²) in [6.07, 6.45) is 2.21. The summed E-state index contributed by atoms with van der Waals surface area (Å²) in [6, 6.07) is 48.4. The molecule has 6 rings (SSSR count). The van der Waals surface area contributed by atoms with Crippen molar-refractivity contribution in [3.05, 3.63) is 161 Å². The first-order chi connectivity index (χ1) is 23.8. The molecule has 0 aromatic heterocycles. The molecule has 0 atom stereocenters. The summed E-state index contributed by atoms with van der Waals surface area (Å²) in [6.45, 7) is 20.3. The molecule has 256 valence electrons. The lowest BCUT2D eigenvalue weighted by molar-refractivity contribution is 0.590. The van der Waals surface area contributed by atoms with Crippen molar-refractivity contribution < 1.29 is 0 Å². The average Bonchev–Trinajstić information content (AvgIpc) is 3.08. The van der Waals surface area contributed by atoms with Gasteiger partial charge in [-0.25, -0.2) is 0 Å². The summed E-state index contributed by atoms with van der Waals surface area (Å²) in [5.41, 5.74) is 11.9. The van der Waals surface area contributed by atoms with Gasteiger partial charge in [0.2, 0.25) is 0 Å². The number of hydrogen-bond donors (Lipinski definition) is 0. The third-order valence-electron chi connectivity index (χ3n) is 9.93. The highest BCUT2D eigenvalue weighted by atomic mass is 32.2. The average molecular weight is 677 g/mol. The van der Waals surface area contributed by atoms with E-state index in [1.165, 1.54) is 71.0 Å². The van der Waals surface area contributed by atoms with E-state index in [-0.39, 0.29) is 21.7 Å². The van der Waals surface area contributed by atoms with Gasteiger partial charge in [-0.15, -0.1) is 0 Å². The normalized spacial score (nSPS) is 12.1. The number of benzene rings is 6. The number of hydrogen-bond acceptors (Lipinski definition) is 1. The van der Waals surface area contributed by atoms with Gasteiger partial charge in [-0.3, -0.25) is 0 Å². The van der Waals surface area contributed by atoms with Crippen LogP contribution in [-0.4, -0.2) is 5.75 Å². The predicted molar refractivity (Wildman–Crippen MR) is 220 cm³/mol. The molecule has 0 heterocycles. The third-order valence-corrected chi connectivity index (χ3v) is 12.3. The smallest absolute Gasteiger partial charge is 0.160 e. The van der Waals surface area contributed by atoms with Crippen LogP contribution in [0.1, 0.15) is 81.3 Å². The summed E-state index contributed by atoms with van der Waals surface area (Å²) in [5.74, 6) is 1.15. The van der Waals surface area contributed by atoms with E-state index < -0.39 is 0 Å².